The van der Waals surface area contributed by atoms with E-state index in [-0.39, 0.29) is 23.3 Å². The third-order valence-corrected chi connectivity index (χ3v) is 5.58. The molecule has 1 aromatic heterocycles. The zero-order chi connectivity index (χ0) is 22.2. The van der Waals surface area contributed by atoms with Crippen molar-refractivity contribution in [3.8, 4) is 16.3 Å². The highest BCUT2D eigenvalue weighted by Crippen LogP contribution is 2.32. The summed E-state index contributed by atoms with van der Waals surface area (Å²) in [7, 11) is 0. The van der Waals surface area contributed by atoms with Crippen LogP contribution in [0, 0.1) is 0 Å². The molecule has 8 heteroatoms. The molecule has 0 fully saturated rings. The first-order valence-electron chi connectivity index (χ1n) is 10.1. The summed E-state index contributed by atoms with van der Waals surface area (Å²) in [6.07, 6.45) is 0.969. The molecule has 0 saturated carbocycles. The van der Waals surface area contributed by atoms with Gasteiger partial charge in [0.15, 0.2) is 0 Å². The molecular weight excluding hydrogens is 434 g/mol. The lowest BCUT2D eigenvalue weighted by Gasteiger charge is -2.09. The van der Waals surface area contributed by atoms with Gasteiger partial charge in [-0.05, 0) is 43.7 Å². The number of para-hydroxylation sites is 1. The van der Waals surface area contributed by atoms with Crippen LogP contribution in [0.25, 0.3) is 10.6 Å². The molecule has 31 heavy (non-hydrogen) atoms. The number of hydrogen-bond acceptors (Lipinski definition) is 5. The lowest BCUT2D eigenvalue weighted by atomic mass is 10.2. The molecule has 0 radical (unpaired) electrons. The summed E-state index contributed by atoms with van der Waals surface area (Å²) in [5.74, 6) is 0.328. The Morgan fingerprint density at radius 1 is 1.16 bits per heavy atom. The molecule has 6 nitrogen and oxygen atoms in total. The van der Waals surface area contributed by atoms with Crippen molar-refractivity contribution in [3.05, 3.63) is 64.1 Å². The second-order valence-electron chi connectivity index (χ2n) is 6.75. The molecule has 0 aliphatic carbocycles. The minimum absolute atomic E-state index is 0.129. The number of amides is 2. The van der Waals surface area contributed by atoms with E-state index in [1.165, 1.54) is 11.3 Å². The normalized spacial score (nSPS) is 10.5. The van der Waals surface area contributed by atoms with Crippen LogP contribution in [0.3, 0.4) is 0 Å². The van der Waals surface area contributed by atoms with Gasteiger partial charge in [0, 0.05) is 17.6 Å². The summed E-state index contributed by atoms with van der Waals surface area (Å²) in [6.45, 7) is 5.06. The van der Waals surface area contributed by atoms with Gasteiger partial charge in [0.1, 0.15) is 10.8 Å². The zero-order valence-corrected chi connectivity index (χ0v) is 19.0. The molecule has 0 unspecified atom stereocenters. The number of rotatable bonds is 9. The third kappa shape index (κ3) is 6.06. The van der Waals surface area contributed by atoms with Crippen LogP contribution >= 0.6 is 22.9 Å². The van der Waals surface area contributed by atoms with Crippen LogP contribution in [0.1, 0.15) is 36.3 Å². The van der Waals surface area contributed by atoms with E-state index < -0.39 is 0 Å². The average Bonchev–Trinajstić information content (AvgIpc) is 3.20. The number of carbonyl (C=O) groups is 2. The average molecular weight is 458 g/mol. The first-order chi connectivity index (χ1) is 15.0. The smallest absolute Gasteiger partial charge is 0.252 e. The second kappa shape index (κ2) is 10.9. The maximum atomic E-state index is 12.5. The van der Waals surface area contributed by atoms with Gasteiger partial charge < -0.3 is 15.4 Å². The SMILES string of the molecule is CCCNC(=O)c1ccc(NC(=O)Cc2csc(-c3ccccc3OCC)n2)cc1Cl. The molecule has 0 saturated heterocycles. The van der Waals surface area contributed by atoms with E-state index in [1.807, 2.05) is 43.5 Å². The summed E-state index contributed by atoms with van der Waals surface area (Å²) in [5, 5.41) is 8.55. The van der Waals surface area contributed by atoms with Crippen LogP contribution in [0.15, 0.2) is 47.8 Å². The largest absolute Gasteiger partial charge is 0.493 e. The van der Waals surface area contributed by atoms with Gasteiger partial charge in [-0.2, -0.15) is 0 Å². The van der Waals surface area contributed by atoms with Gasteiger partial charge in [-0.1, -0.05) is 30.7 Å². The van der Waals surface area contributed by atoms with Crippen LogP contribution in [0.5, 0.6) is 5.75 Å². The minimum atomic E-state index is -0.230. The monoisotopic (exact) mass is 457 g/mol. The maximum Gasteiger partial charge on any atom is 0.252 e. The predicted octanol–water partition coefficient (Wildman–Crippen LogP) is 5.18. The Morgan fingerprint density at radius 3 is 2.71 bits per heavy atom. The summed E-state index contributed by atoms with van der Waals surface area (Å²) in [4.78, 5) is 29.1. The Bertz CT molecular complexity index is 1070. The van der Waals surface area contributed by atoms with Gasteiger partial charge in [-0.3, -0.25) is 9.59 Å². The number of ether oxygens (including phenoxy) is 1. The van der Waals surface area contributed by atoms with E-state index in [1.54, 1.807) is 18.2 Å². The number of aromatic nitrogens is 1. The number of thiazole rings is 1. The fraction of sp³-hybridized carbons (Fsp3) is 0.261. The van der Waals surface area contributed by atoms with Crippen molar-refractivity contribution in [2.45, 2.75) is 26.7 Å². The number of carbonyl (C=O) groups excluding carboxylic acids is 2. The van der Waals surface area contributed by atoms with Crippen molar-refractivity contribution in [1.29, 1.82) is 0 Å². The topological polar surface area (TPSA) is 80.3 Å². The summed E-state index contributed by atoms with van der Waals surface area (Å²) in [5.41, 5.74) is 2.49. The van der Waals surface area contributed by atoms with Crippen molar-refractivity contribution in [2.75, 3.05) is 18.5 Å². The Morgan fingerprint density at radius 2 is 1.97 bits per heavy atom. The van der Waals surface area contributed by atoms with Crippen molar-refractivity contribution < 1.29 is 14.3 Å². The molecule has 2 N–H and O–H groups in total. The van der Waals surface area contributed by atoms with Gasteiger partial charge in [0.25, 0.3) is 5.91 Å². The van der Waals surface area contributed by atoms with Gasteiger partial charge in [0.2, 0.25) is 5.91 Å². The Hall–Kier alpha value is -2.90. The molecule has 3 rings (SSSR count). The van der Waals surface area contributed by atoms with E-state index >= 15 is 0 Å². The van der Waals surface area contributed by atoms with Crippen molar-refractivity contribution in [1.82, 2.24) is 10.3 Å². The Labute approximate surface area is 190 Å². The predicted molar refractivity (Wildman–Crippen MR) is 125 cm³/mol. The highest BCUT2D eigenvalue weighted by atomic mass is 35.5. The van der Waals surface area contributed by atoms with E-state index in [4.69, 9.17) is 16.3 Å². The van der Waals surface area contributed by atoms with Crippen molar-refractivity contribution in [3.63, 3.8) is 0 Å². The summed E-state index contributed by atoms with van der Waals surface area (Å²) < 4.78 is 5.67. The number of anilines is 1. The molecular formula is C23H24ClN3O3S. The quantitative estimate of drug-likeness (QED) is 0.463. The fourth-order valence-corrected chi connectivity index (χ4v) is 4.03. The van der Waals surface area contributed by atoms with Gasteiger partial charge in [0.05, 0.1) is 34.9 Å². The third-order valence-electron chi connectivity index (χ3n) is 4.34. The highest BCUT2D eigenvalue weighted by molar-refractivity contribution is 7.13. The molecule has 0 bridgehead atoms. The van der Waals surface area contributed by atoms with Gasteiger partial charge in [-0.25, -0.2) is 4.98 Å². The molecule has 3 aromatic rings. The number of nitrogens with zero attached hydrogens (tertiary/aromatic N) is 1. The summed E-state index contributed by atoms with van der Waals surface area (Å²) in [6, 6.07) is 12.5. The molecule has 2 amide bonds. The van der Waals surface area contributed by atoms with E-state index in [0.717, 1.165) is 22.7 Å². The minimum Gasteiger partial charge on any atom is -0.493 e. The van der Waals surface area contributed by atoms with Gasteiger partial charge >= 0.3 is 0 Å². The van der Waals surface area contributed by atoms with Crippen molar-refractivity contribution >= 4 is 40.4 Å². The summed E-state index contributed by atoms with van der Waals surface area (Å²) >= 11 is 7.69. The fourth-order valence-electron chi connectivity index (χ4n) is 2.92. The highest BCUT2D eigenvalue weighted by Gasteiger charge is 2.14. The molecule has 0 aliphatic rings. The first-order valence-corrected chi connectivity index (χ1v) is 11.3. The van der Waals surface area contributed by atoms with E-state index in [0.29, 0.717) is 30.1 Å². The molecule has 162 valence electrons. The van der Waals surface area contributed by atoms with Crippen LogP contribution in [0.4, 0.5) is 5.69 Å². The van der Waals surface area contributed by atoms with Crippen LogP contribution in [0.2, 0.25) is 5.02 Å². The number of hydrogen-bond donors (Lipinski definition) is 2. The lowest BCUT2D eigenvalue weighted by molar-refractivity contribution is -0.115. The molecule has 0 spiro atoms. The number of nitrogens with one attached hydrogen (secondary N) is 2. The van der Waals surface area contributed by atoms with Crippen LogP contribution < -0.4 is 15.4 Å². The lowest BCUT2D eigenvalue weighted by Crippen LogP contribution is -2.24. The zero-order valence-electron chi connectivity index (χ0n) is 17.4. The van der Waals surface area contributed by atoms with E-state index in [2.05, 4.69) is 15.6 Å². The van der Waals surface area contributed by atoms with E-state index in [9.17, 15) is 9.59 Å². The molecule has 0 atom stereocenters. The number of benzene rings is 2. The van der Waals surface area contributed by atoms with Crippen LogP contribution in [-0.4, -0.2) is 29.9 Å². The van der Waals surface area contributed by atoms with Crippen LogP contribution in [-0.2, 0) is 11.2 Å². The van der Waals surface area contributed by atoms with Gasteiger partial charge in [-0.15, -0.1) is 11.3 Å². The Kier molecular flexibility index (Phi) is 8.03. The second-order valence-corrected chi connectivity index (χ2v) is 8.01. The maximum absolute atomic E-state index is 12.5. The molecule has 0 aliphatic heterocycles. The standard InChI is InChI=1S/C23H24ClN3O3S/c1-3-11-25-22(29)17-10-9-15(12-19(17)24)26-21(28)13-16-14-31-23(27-16)18-7-5-6-8-20(18)30-4-2/h5-10,12,14H,3-4,11,13H2,1-2H3,(H,25,29)(H,26,28). The first kappa shape index (κ1) is 22.8. The molecule has 2 aromatic carbocycles. The number of halogens is 1. The molecule has 1 heterocycles. The Balaban J connectivity index is 1.64. The van der Waals surface area contributed by atoms with Crippen molar-refractivity contribution in [2.24, 2.45) is 0 Å².